The lowest BCUT2D eigenvalue weighted by atomic mass is 9.95. The number of rotatable bonds is 5. The number of aliphatic hydroxyl groups is 1. The highest BCUT2D eigenvalue weighted by Crippen LogP contribution is 2.40. The molecule has 0 spiro atoms. The van der Waals surface area contributed by atoms with Crippen LogP contribution in [0.1, 0.15) is 17.2 Å². The third-order valence-electron chi connectivity index (χ3n) is 4.72. The van der Waals surface area contributed by atoms with Gasteiger partial charge in [0.05, 0.1) is 21.7 Å². The van der Waals surface area contributed by atoms with Crippen LogP contribution >= 0.6 is 23.2 Å². The maximum atomic E-state index is 14.6. The van der Waals surface area contributed by atoms with Gasteiger partial charge in [-0.05, 0) is 38.4 Å². The molecule has 1 N–H and O–H groups in total. The number of nitrogens with zero attached hydrogens (tertiary/aromatic N) is 2. The van der Waals surface area contributed by atoms with Gasteiger partial charge in [0, 0.05) is 24.2 Å². The van der Waals surface area contributed by atoms with E-state index >= 15 is 0 Å². The minimum atomic E-state index is -1.05. The van der Waals surface area contributed by atoms with Gasteiger partial charge >= 0.3 is 0 Å². The SMILES string of the molecule is CN(C)CCN1C(=O)C(=O)/C(=C(/O)c2ccc(Cl)c(Cl)c2)C1c1ccccc1F. The van der Waals surface area contributed by atoms with Crippen molar-refractivity contribution < 1.29 is 19.1 Å². The van der Waals surface area contributed by atoms with Gasteiger partial charge in [0.25, 0.3) is 11.7 Å². The number of amides is 1. The van der Waals surface area contributed by atoms with E-state index in [-0.39, 0.29) is 33.3 Å². The fraction of sp³-hybridized carbons (Fsp3) is 0.238. The first-order chi connectivity index (χ1) is 13.7. The zero-order valence-electron chi connectivity index (χ0n) is 15.8. The van der Waals surface area contributed by atoms with E-state index in [0.717, 1.165) is 0 Å². The maximum absolute atomic E-state index is 14.6. The van der Waals surface area contributed by atoms with Gasteiger partial charge in [-0.1, -0.05) is 41.4 Å². The standard InChI is InChI=1S/C21H19Cl2FN2O3/c1-25(2)9-10-26-18(13-5-3-4-6-16(13)24)17(20(28)21(26)29)19(27)12-7-8-14(22)15(23)11-12/h3-8,11,18,27H,9-10H2,1-2H3/b19-17+. The second-order valence-electron chi connectivity index (χ2n) is 6.95. The van der Waals surface area contributed by atoms with Crippen molar-refractivity contribution in [3.8, 4) is 0 Å². The molecule has 0 saturated carbocycles. The van der Waals surface area contributed by atoms with Crippen molar-refractivity contribution in [2.24, 2.45) is 0 Å². The second-order valence-corrected chi connectivity index (χ2v) is 7.76. The molecule has 152 valence electrons. The average molecular weight is 437 g/mol. The first-order valence-electron chi connectivity index (χ1n) is 8.85. The van der Waals surface area contributed by atoms with E-state index in [1.165, 1.54) is 41.3 Å². The van der Waals surface area contributed by atoms with Gasteiger partial charge in [0.1, 0.15) is 11.6 Å². The molecule has 5 nitrogen and oxygen atoms in total. The minimum Gasteiger partial charge on any atom is -0.507 e. The Morgan fingerprint density at radius 3 is 2.45 bits per heavy atom. The lowest BCUT2D eigenvalue weighted by Gasteiger charge is -2.26. The monoisotopic (exact) mass is 436 g/mol. The Kier molecular flexibility index (Phi) is 6.27. The van der Waals surface area contributed by atoms with Gasteiger partial charge in [-0.15, -0.1) is 0 Å². The summed E-state index contributed by atoms with van der Waals surface area (Å²) in [5.74, 6) is -2.67. The molecule has 1 unspecified atom stereocenters. The van der Waals surface area contributed by atoms with Crippen LogP contribution in [0.2, 0.25) is 10.0 Å². The van der Waals surface area contributed by atoms with E-state index in [9.17, 15) is 19.1 Å². The number of halogens is 3. The van der Waals surface area contributed by atoms with Gasteiger partial charge in [-0.25, -0.2) is 4.39 Å². The molecule has 0 aromatic heterocycles. The predicted molar refractivity (Wildman–Crippen MR) is 110 cm³/mol. The molecule has 1 fully saturated rings. The summed E-state index contributed by atoms with van der Waals surface area (Å²) >= 11 is 12.0. The molecule has 1 aliphatic rings. The highest BCUT2D eigenvalue weighted by molar-refractivity contribution is 6.46. The average Bonchev–Trinajstić information content (AvgIpc) is 2.92. The van der Waals surface area contributed by atoms with Gasteiger partial charge in [0.2, 0.25) is 0 Å². The molecule has 2 aromatic rings. The molecule has 1 amide bonds. The molecule has 1 heterocycles. The smallest absolute Gasteiger partial charge is 0.295 e. The van der Waals surface area contributed by atoms with Crippen molar-refractivity contribution in [2.45, 2.75) is 6.04 Å². The molecule has 3 rings (SSSR count). The number of likely N-dealkylation sites (N-methyl/N-ethyl adjacent to an activating group) is 1. The number of aliphatic hydroxyl groups excluding tert-OH is 1. The Balaban J connectivity index is 2.19. The summed E-state index contributed by atoms with van der Waals surface area (Å²) in [6.07, 6.45) is 0. The zero-order chi connectivity index (χ0) is 21.3. The van der Waals surface area contributed by atoms with E-state index in [1.54, 1.807) is 6.07 Å². The Hall–Kier alpha value is -2.41. The lowest BCUT2D eigenvalue weighted by Crippen LogP contribution is -2.35. The third kappa shape index (κ3) is 4.15. The number of carbonyl (C=O) groups is 2. The van der Waals surface area contributed by atoms with E-state index in [2.05, 4.69) is 0 Å². The fourth-order valence-corrected chi connectivity index (χ4v) is 3.54. The molecular formula is C21H19Cl2FN2O3. The minimum absolute atomic E-state index is 0.132. The van der Waals surface area contributed by atoms with Crippen LogP contribution in [0.5, 0.6) is 0 Å². The van der Waals surface area contributed by atoms with Gasteiger partial charge in [-0.3, -0.25) is 9.59 Å². The summed E-state index contributed by atoms with van der Waals surface area (Å²) in [7, 11) is 3.65. The number of likely N-dealkylation sites (tertiary alicyclic amines) is 1. The van der Waals surface area contributed by atoms with Crippen molar-refractivity contribution in [2.75, 3.05) is 27.2 Å². The van der Waals surface area contributed by atoms with Crippen molar-refractivity contribution in [3.63, 3.8) is 0 Å². The van der Waals surface area contributed by atoms with Crippen LogP contribution in [0.15, 0.2) is 48.0 Å². The van der Waals surface area contributed by atoms with Crippen LogP contribution in [0, 0.1) is 5.82 Å². The summed E-state index contributed by atoms with van der Waals surface area (Å²) in [5.41, 5.74) is 0.163. The Morgan fingerprint density at radius 1 is 1.14 bits per heavy atom. The molecule has 1 atom stereocenters. The third-order valence-corrected chi connectivity index (χ3v) is 5.46. The number of carbonyl (C=O) groups excluding carboxylic acids is 2. The lowest BCUT2D eigenvalue weighted by molar-refractivity contribution is -0.140. The molecule has 1 saturated heterocycles. The molecule has 29 heavy (non-hydrogen) atoms. The normalized spacial score (nSPS) is 18.7. The highest BCUT2D eigenvalue weighted by Gasteiger charge is 2.46. The first kappa shape index (κ1) is 21.3. The summed E-state index contributed by atoms with van der Waals surface area (Å²) in [6.45, 7) is 0.652. The van der Waals surface area contributed by atoms with E-state index in [1.807, 2.05) is 19.0 Å². The van der Waals surface area contributed by atoms with Gasteiger partial charge < -0.3 is 14.9 Å². The van der Waals surface area contributed by atoms with Crippen molar-refractivity contribution in [3.05, 3.63) is 75.0 Å². The molecule has 0 bridgehead atoms. The summed E-state index contributed by atoms with van der Waals surface area (Å²) in [6, 6.07) is 9.18. The van der Waals surface area contributed by atoms with Crippen molar-refractivity contribution in [1.29, 1.82) is 0 Å². The summed E-state index contributed by atoms with van der Waals surface area (Å²) in [4.78, 5) is 28.7. The first-order valence-corrected chi connectivity index (χ1v) is 9.61. The maximum Gasteiger partial charge on any atom is 0.295 e. The number of ketones is 1. The number of Topliss-reactive ketones (excluding diaryl/α,β-unsaturated/α-hetero) is 1. The van der Waals surface area contributed by atoms with E-state index in [4.69, 9.17) is 23.2 Å². The molecular weight excluding hydrogens is 418 g/mol. The fourth-order valence-electron chi connectivity index (χ4n) is 3.24. The van der Waals surface area contributed by atoms with Crippen LogP contribution in [-0.2, 0) is 9.59 Å². The highest BCUT2D eigenvalue weighted by atomic mass is 35.5. The van der Waals surface area contributed by atoms with E-state index < -0.39 is 29.3 Å². The second kappa shape index (κ2) is 8.53. The Bertz CT molecular complexity index is 1010. The van der Waals surface area contributed by atoms with Crippen LogP contribution in [0.25, 0.3) is 5.76 Å². The predicted octanol–water partition coefficient (Wildman–Crippen LogP) is 4.12. The quantitative estimate of drug-likeness (QED) is 0.435. The summed E-state index contributed by atoms with van der Waals surface area (Å²) < 4.78 is 14.6. The van der Waals surface area contributed by atoms with Gasteiger partial charge in [0.15, 0.2) is 0 Å². The number of benzene rings is 2. The zero-order valence-corrected chi connectivity index (χ0v) is 17.3. The molecule has 8 heteroatoms. The number of hydrogen-bond acceptors (Lipinski definition) is 4. The van der Waals surface area contributed by atoms with Crippen molar-refractivity contribution >= 4 is 40.7 Å². The number of hydrogen-bond donors (Lipinski definition) is 1. The summed E-state index contributed by atoms with van der Waals surface area (Å²) in [5, 5.41) is 11.3. The Labute approximate surface area is 177 Å². The van der Waals surface area contributed by atoms with Crippen LogP contribution in [-0.4, -0.2) is 53.8 Å². The van der Waals surface area contributed by atoms with Crippen molar-refractivity contribution in [1.82, 2.24) is 9.80 Å². The molecule has 1 aliphatic heterocycles. The van der Waals surface area contributed by atoms with E-state index in [0.29, 0.717) is 6.54 Å². The van der Waals surface area contributed by atoms with Crippen LogP contribution in [0.3, 0.4) is 0 Å². The molecule has 0 radical (unpaired) electrons. The molecule has 0 aliphatic carbocycles. The van der Waals surface area contributed by atoms with Crippen LogP contribution in [0.4, 0.5) is 4.39 Å². The van der Waals surface area contributed by atoms with Crippen LogP contribution < -0.4 is 0 Å². The van der Waals surface area contributed by atoms with Gasteiger partial charge in [-0.2, -0.15) is 0 Å². The largest absolute Gasteiger partial charge is 0.507 e. The Morgan fingerprint density at radius 2 is 1.83 bits per heavy atom. The topological polar surface area (TPSA) is 60.9 Å². The molecule has 2 aromatic carbocycles.